The van der Waals surface area contributed by atoms with Crippen LogP contribution in [0.1, 0.15) is 23.7 Å². The van der Waals surface area contributed by atoms with Crippen molar-refractivity contribution >= 4 is 11.9 Å². The van der Waals surface area contributed by atoms with E-state index in [1.54, 1.807) is 30.3 Å². The number of rotatable bonds is 8. The standard InChI is InChI=1S/C15H19NO4/c1-3-11-20-13-7-5-12(6-8-13)15(19)16(4-2)10-9-14(17)18/h3,5-8H,1,4,9-11H2,2H3,(H,17,18). The van der Waals surface area contributed by atoms with E-state index >= 15 is 0 Å². The molecule has 0 aliphatic rings. The van der Waals surface area contributed by atoms with Crippen LogP contribution in [0.25, 0.3) is 0 Å². The molecular formula is C15H19NO4. The van der Waals surface area contributed by atoms with Crippen molar-refractivity contribution in [3.05, 3.63) is 42.5 Å². The number of hydrogen-bond acceptors (Lipinski definition) is 3. The first kappa shape index (κ1) is 15.8. The molecule has 5 nitrogen and oxygen atoms in total. The number of hydrogen-bond donors (Lipinski definition) is 1. The highest BCUT2D eigenvalue weighted by Crippen LogP contribution is 2.14. The Morgan fingerprint density at radius 1 is 1.35 bits per heavy atom. The maximum absolute atomic E-state index is 12.2. The Morgan fingerprint density at radius 3 is 2.50 bits per heavy atom. The van der Waals surface area contributed by atoms with Crippen LogP contribution >= 0.6 is 0 Å². The molecule has 0 aromatic heterocycles. The minimum absolute atomic E-state index is 0.0554. The smallest absolute Gasteiger partial charge is 0.305 e. The van der Waals surface area contributed by atoms with Crippen molar-refractivity contribution in [1.29, 1.82) is 0 Å². The number of carbonyl (C=O) groups is 2. The van der Waals surface area contributed by atoms with Crippen molar-refractivity contribution in [1.82, 2.24) is 4.90 Å². The molecule has 0 aliphatic heterocycles. The third kappa shape index (κ3) is 4.76. The zero-order valence-electron chi connectivity index (χ0n) is 11.5. The molecule has 5 heteroatoms. The molecule has 20 heavy (non-hydrogen) atoms. The van der Waals surface area contributed by atoms with Crippen LogP contribution in [0.3, 0.4) is 0 Å². The fourth-order valence-electron chi connectivity index (χ4n) is 1.67. The van der Waals surface area contributed by atoms with Crippen LogP contribution in [-0.4, -0.2) is 41.6 Å². The minimum atomic E-state index is -0.913. The van der Waals surface area contributed by atoms with E-state index in [1.165, 1.54) is 4.90 Å². The summed E-state index contributed by atoms with van der Waals surface area (Å²) in [6.07, 6.45) is 1.59. The summed E-state index contributed by atoms with van der Waals surface area (Å²) in [6, 6.07) is 6.76. The van der Waals surface area contributed by atoms with E-state index in [0.29, 0.717) is 24.5 Å². The molecule has 0 spiro atoms. The molecule has 0 radical (unpaired) electrons. The first-order chi connectivity index (χ1) is 9.58. The van der Waals surface area contributed by atoms with Gasteiger partial charge in [0, 0.05) is 18.7 Å². The summed E-state index contributed by atoms with van der Waals surface area (Å²) in [5.41, 5.74) is 0.517. The van der Waals surface area contributed by atoms with Crippen LogP contribution in [0.15, 0.2) is 36.9 Å². The molecule has 0 unspecified atom stereocenters. The SMILES string of the molecule is C=CCOc1ccc(C(=O)N(CC)CCC(=O)O)cc1. The number of carboxylic acids is 1. The summed E-state index contributed by atoms with van der Waals surface area (Å²) in [6.45, 7) is 6.47. The van der Waals surface area contributed by atoms with Gasteiger partial charge in [-0.05, 0) is 31.2 Å². The molecule has 108 valence electrons. The first-order valence-corrected chi connectivity index (χ1v) is 6.43. The van der Waals surface area contributed by atoms with Gasteiger partial charge in [0.2, 0.25) is 0 Å². The topological polar surface area (TPSA) is 66.8 Å². The van der Waals surface area contributed by atoms with Crippen molar-refractivity contribution in [2.75, 3.05) is 19.7 Å². The lowest BCUT2D eigenvalue weighted by molar-refractivity contribution is -0.137. The van der Waals surface area contributed by atoms with Crippen molar-refractivity contribution in [3.8, 4) is 5.75 Å². The molecule has 0 fully saturated rings. The predicted molar refractivity (Wildman–Crippen MR) is 76.0 cm³/mol. The Bertz CT molecular complexity index is 467. The van der Waals surface area contributed by atoms with Gasteiger partial charge in [-0.15, -0.1) is 0 Å². The third-order valence-corrected chi connectivity index (χ3v) is 2.73. The number of ether oxygens (including phenoxy) is 1. The molecule has 0 atom stereocenters. The zero-order valence-corrected chi connectivity index (χ0v) is 11.5. The maximum Gasteiger partial charge on any atom is 0.305 e. The molecule has 0 heterocycles. The summed E-state index contributed by atoms with van der Waals surface area (Å²) in [7, 11) is 0. The number of amides is 1. The summed E-state index contributed by atoms with van der Waals surface area (Å²) in [4.78, 5) is 24.3. The Kier molecular flexibility index (Phi) is 6.29. The van der Waals surface area contributed by atoms with Crippen LogP contribution in [0.2, 0.25) is 0 Å². The van der Waals surface area contributed by atoms with E-state index < -0.39 is 5.97 Å². The average Bonchev–Trinajstić information content (AvgIpc) is 2.45. The van der Waals surface area contributed by atoms with Crippen LogP contribution in [0, 0.1) is 0 Å². The lowest BCUT2D eigenvalue weighted by Crippen LogP contribution is -2.32. The van der Waals surface area contributed by atoms with Gasteiger partial charge in [-0.2, -0.15) is 0 Å². The van der Waals surface area contributed by atoms with Crippen LogP contribution in [0.4, 0.5) is 0 Å². The second-order valence-corrected chi connectivity index (χ2v) is 4.15. The number of carboxylic acid groups (broad SMARTS) is 1. The van der Waals surface area contributed by atoms with E-state index in [0.717, 1.165) is 0 Å². The molecule has 0 bridgehead atoms. The average molecular weight is 277 g/mol. The summed E-state index contributed by atoms with van der Waals surface area (Å²) < 4.78 is 5.33. The van der Waals surface area contributed by atoms with Gasteiger partial charge in [-0.25, -0.2) is 0 Å². The van der Waals surface area contributed by atoms with Crippen molar-refractivity contribution in [2.45, 2.75) is 13.3 Å². The summed E-state index contributed by atoms with van der Waals surface area (Å²) in [5, 5.41) is 8.67. The highest BCUT2D eigenvalue weighted by atomic mass is 16.5. The third-order valence-electron chi connectivity index (χ3n) is 2.73. The Morgan fingerprint density at radius 2 is 2.00 bits per heavy atom. The van der Waals surface area contributed by atoms with Crippen molar-refractivity contribution < 1.29 is 19.4 Å². The molecule has 0 saturated heterocycles. The van der Waals surface area contributed by atoms with Gasteiger partial charge in [0.15, 0.2) is 0 Å². The monoisotopic (exact) mass is 277 g/mol. The molecular weight excluding hydrogens is 258 g/mol. The van der Waals surface area contributed by atoms with E-state index in [-0.39, 0.29) is 18.9 Å². The quantitative estimate of drug-likeness (QED) is 0.740. The molecule has 1 N–H and O–H groups in total. The largest absolute Gasteiger partial charge is 0.490 e. The predicted octanol–water partition coefficient (Wildman–Crippen LogP) is 2.19. The van der Waals surface area contributed by atoms with Crippen LogP contribution < -0.4 is 4.74 Å². The zero-order chi connectivity index (χ0) is 15.0. The number of benzene rings is 1. The Hall–Kier alpha value is -2.30. The molecule has 0 aliphatic carbocycles. The molecule has 1 aromatic carbocycles. The van der Waals surface area contributed by atoms with Gasteiger partial charge in [-0.3, -0.25) is 9.59 Å². The van der Waals surface area contributed by atoms with E-state index in [1.807, 2.05) is 6.92 Å². The first-order valence-electron chi connectivity index (χ1n) is 6.43. The second-order valence-electron chi connectivity index (χ2n) is 4.15. The molecule has 1 rings (SSSR count). The summed E-state index contributed by atoms with van der Waals surface area (Å²) in [5.74, 6) is -0.427. The Labute approximate surface area is 118 Å². The number of nitrogens with zero attached hydrogens (tertiary/aromatic N) is 1. The van der Waals surface area contributed by atoms with E-state index in [4.69, 9.17) is 9.84 Å². The molecule has 1 aromatic rings. The van der Waals surface area contributed by atoms with Crippen LogP contribution in [-0.2, 0) is 4.79 Å². The normalized spacial score (nSPS) is 9.85. The Balaban J connectivity index is 2.69. The fraction of sp³-hybridized carbons (Fsp3) is 0.333. The highest BCUT2D eigenvalue weighted by Gasteiger charge is 2.15. The van der Waals surface area contributed by atoms with Gasteiger partial charge in [-0.1, -0.05) is 12.7 Å². The number of carbonyl (C=O) groups excluding carboxylic acids is 1. The lowest BCUT2D eigenvalue weighted by Gasteiger charge is -2.20. The minimum Gasteiger partial charge on any atom is -0.490 e. The summed E-state index contributed by atoms with van der Waals surface area (Å²) >= 11 is 0. The lowest BCUT2D eigenvalue weighted by atomic mass is 10.2. The van der Waals surface area contributed by atoms with Gasteiger partial charge in [0.25, 0.3) is 5.91 Å². The molecule has 1 amide bonds. The molecule has 0 saturated carbocycles. The van der Waals surface area contributed by atoms with Gasteiger partial charge >= 0.3 is 5.97 Å². The van der Waals surface area contributed by atoms with Gasteiger partial charge in [0.05, 0.1) is 6.42 Å². The van der Waals surface area contributed by atoms with E-state index in [2.05, 4.69) is 6.58 Å². The van der Waals surface area contributed by atoms with E-state index in [9.17, 15) is 9.59 Å². The van der Waals surface area contributed by atoms with Gasteiger partial charge in [0.1, 0.15) is 12.4 Å². The van der Waals surface area contributed by atoms with Crippen molar-refractivity contribution in [3.63, 3.8) is 0 Å². The highest BCUT2D eigenvalue weighted by molar-refractivity contribution is 5.94. The second kappa shape index (κ2) is 7.99. The van der Waals surface area contributed by atoms with Crippen molar-refractivity contribution in [2.24, 2.45) is 0 Å². The van der Waals surface area contributed by atoms with Crippen LogP contribution in [0.5, 0.6) is 5.75 Å². The number of aliphatic carboxylic acids is 1. The fourth-order valence-corrected chi connectivity index (χ4v) is 1.67. The maximum atomic E-state index is 12.2. The van der Waals surface area contributed by atoms with Gasteiger partial charge < -0.3 is 14.7 Å².